The molecule has 0 radical (unpaired) electrons. The number of aromatic nitrogens is 1. The third kappa shape index (κ3) is 4.76. The van der Waals surface area contributed by atoms with Crippen LogP contribution in [0.1, 0.15) is 44.0 Å². The second kappa shape index (κ2) is 8.22. The number of hydrogen-bond acceptors (Lipinski definition) is 4. The van der Waals surface area contributed by atoms with Crippen molar-refractivity contribution in [1.29, 1.82) is 0 Å². The van der Waals surface area contributed by atoms with Crippen LogP contribution in [0.3, 0.4) is 0 Å². The summed E-state index contributed by atoms with van der Waals surface area (Å²) in [5, 5.41) is 3.38. The summed E-state index contributed by atoms with van der Waals surface area (Å²) in [6, 6.07) is 4.03. The smallest absolute Gasteiger partial charge is 0.142 e. The first-order valence-electron chi connectivity index (χ1n) is 7.71. The normalized spacial score (nSPS) is 18.4. The van der Waals surface area contributed by atoms with Crippen LogP contribution < -0.4 is 10.1 Å². The number of rotatable bonds is 8. The van der Waals surface area contributed by atoms with E-state index in [0.717, 1.165) is 49.7 Å². The van der Waals surface area contributed by atoms with Crippen molar-refractivity contribution in [3.8, 4) is 5.75 Å². The first-order chi connectivity index (χ1) is 9.79. The highest BCUT2D eigenvalue weighted by molar-refractivity contribution is 5.29. The molecule has 0 spiro atoms. The van der Waals surface area contributed by atoms with Crippen LogP contribution in [-0.2, 0) is 11.3 Å². The number of nitrogens with zero attached hydrogens (tertiary/aromatic N) is 1. The molecule has 1 atom stereocenters. The van der Waals surface area contributed by atoms with Gasteiger partial charge in [0, 0.05) is 25.3 Å². The second-order valence-electron chi connectivity index (χ2n) is 5.35. The Morgan fingerprint density at radius 3 is 3.10 bits per heavy atom. The van der Waals surface area contributed by atoms with Crippen LogP contribution in [0.5, 0.6) is 5.75 Å². The van der Waals surface area contributed by atoms with Gasteiger partial charge in [-0.05, 0) is 44.9 Å². The van der Waals surface area contributed by atoms with Gasteiger partial charge < -0.3 is 14.8 Å². The zero-order valence-corrected chi connectivity index (χ0v) is 12.7. The van der Waals surface area contributed by atoms with Crippen molar-refractivity contribution in [2.24, 2.45) is 0 Å². The van der Waals surface area contributed by atoms with Crippen molar-refractivity contribution < 1.29 is 9.47 Å². The lowest BCUT2D eigenvalue weighted by Crippen LogP contribution is -2.17. The van der Waals surface area contributed by atoms with Crippen molar-refractivity contribution in [2.75, 3.05) is 19.8 Å². The van der Waals surface area contributed by atoms with E-state index in [-0.39, 0.29) is 0 Å². The lowest BCUT2D eigenvalue weighted by Gasteiger charge is -2.14. The zero-order valence-electron chi connectivity index (χ0n) is 12.7. The summed E-state index contributed by atoms with van der Waals surface area (Å²) < 4.78 is 11.5. The summed E-state index contributed by atoms with van der Waals surface area (Å²) in [7, 11) is 0. The lowest BCUT2D eigenvalue weighted by atomic mass is 10.2. The molecular weight excluding hydrogens is 252 g/mol. The highest BCUT2D eigenvalue weighted by Gasteiger charge is 2.15. The van der Waals surface area contributed by atoms with E-state index in [1.54, 1.807) is 0 Å². The molecule has 2 rings (SSSR count). The van der Waals surface area contributed by atoms with E-state index >= 15 is 0 Å². The van der Waals surface area contributed by atoms with E-state index in [0.29, 0.717) is 12.7 Å². The van der Waals surface area contributed by atoms with E-state index in [1.165, 1.54) is 12.8 Å². The number of nitrogens with one attached hydrogen (secondary N) is 1. The summed E-state index contributed by atoms with van der Waals surface area (Å²) in [6.45, 7) is 7.56. The van der Waals surface area contributed by atoms with Gasteiger partial charge >= 0.3 is 0 Å². The summed E-state index contributed by atoms with van der Waals surface area (Å²) in [4.78, 5) is 4.58. The third-order valence-electron chi connectivity index (χ3n) is 3.51. The van der Waals surface area contributed by atoms with Gasteiger partial charge in [0.05, 0.1) is 18.4 Å². The summed E-state index contributed by atoms with van der Waals surface area (Å²) in [5.41, 5.74) is 2.04. The topological polar surface area (TPSA) is 43.4 Å². The predicted octanol–water partition coefficient (Wildman–Crippen LogP) is 2.84. The Kier molecular flexibility index (Phi) is 6.27. The summed E-state index contributed by atoms with van der Waals surface area (Å²) in [6.07, 6.45) is 4.83. The molecule has 1 aliphatic rings. The molecule has 0 bridgehead atoms. The monoisotopic (exact) mass is 278 g/mol. The van der Waals surface area contributed by atoms with Crippen molar-refractivity contribution in [2.45, 2.75) is 52.2 Å². The Labute approximate surface area is 121 Å². The fraction of sp³-hybridized carbons (Fsp3) is 0.688. The predicted molar refractivity (Wildman–Crippen MR) is 80.1 cm³/mol. The van der Waals surface area contributed by atoms with E-state index < -0.39 is 0 Å². The lowest BCUT2D eigenvalue weighted by molar-refractivity contribution is 0.0901. The molecule has 112 valence electrons. The van der Waals surface area contributed by atoms with Gasteiger partial charge in [-0.25, -0.2) is 0 Å². The molecule has 0 aromatic carbocycles. The molecular formula is C16H26N2O2. The Morgan fingerprint density at radius 2 is 2.35 bits per heavy atom. The first-order valence-corrected chi connectivity index (χ1v) is 7.71. The summed E-state index contributed by atoms with van der Waals surface area (Å²) >= 11 is 0. The fourth-order valence-corrected chi connectivity index (χ4v) is 2.41. The minimum Gasteiger partial charge on any atom is -0.492 e. The molecule has 0 amide bonds. The van der Waals surface area contributed by atoms with Crippen molar-refractivity contribution in [3.63, 3.8) is 0 Å². The molecule has 1 N–H and O–H groups in total. The number of aryl methyl sites for hydroxylation is 1. The molecule has 4 nitrogen and oxygen atoms in total. The fourth-order valence-electron chi connectivity index (χ4n) is 2.41. The average molecular weight is 278 g/mol. The maximum Gasteiger partial charge on any atom is 0.142 e. The Morgan fingerprint density at radius 1 is 1.45 bits per heavy atom. The van der Waals surface area contributed by atoms with Crippen LogP contribution >= 0.6 is 0 Å². The number of hydrogen-bond donors (Lipinski definition) is 1. The molecule has 2 heterocycles. The maximum atomic E-state index is 5.90. The van der Waals surface area contributed by atoms with Gasteiger partial charge in [-0.2, -0.15) is 0 Å². The molecule has 20 heavy (non-hydrogen) atoms. The van der Waals surface area contributed by atoms with Gasteiger partial charge in [-0.1, -0.05) is 6.92 Å². The quantitative estimate of drug-likeness (QED) is 0.743. The molecule has 0 aliphatic carbocycles. The molecule has 1 fully saturated rings. The van der Waals surface area contributed by atoms with Crippen LogP contribution in [-0.4, -0.2) is 30.8 Å². The average Bonchev–Trinajstić information content (AvgIpc) is 2.95. The molecule has 1 unspecified atom stereocenters. The zero-order chi connectivity index (χ0) is 14.2. The summed E-state index contributed by atoms with van der Waals surface area (Å²) in [5.74, 6) is 0.900. The first kappa shape index (κ1) is 15.3. The molecule has 1 aromatic rings. The second-order valence-corrected chi connectivity index (χ2v) is 5.35. The molecule has 1 aromatic heterocycles. The molecule has 1 saturated heterocycles. The van der Waals surface area contributed by atoms with E-state index in [2.05, 4.69) is 17.2 Å². The highest BCUT2D eigenvalue weighted by Crippen LogP contribution is 2.19. The van der Waals surface area contributed by atoms with Crippen molar-refractivity contribution >= 4 is 0 Å². The van der Waals surface area contributed by atoms with Crippen LogP contribution in [0.25, 0.3) is 0 Å². The van der Waals surface area contributed by atoms with Crippen molar-refractivity contribution in [3.05, 3.63) is 23.5 Å². The van der Waals surface area contributed by atoms with Gasteiger partial charge in [-0.3, -0.25) is 4.98 Å². The van der Waals surface area contributed by atoms with Gasteiger partial charge in [0.15, 0.2) is 0 Å². The maximum absolute atomic E-state index is 5.90. The van der Waals surface area contributed by atoms with E-state index in [9.17, 15) is 0 Å². The highest BCUT2D eigenvalue weighted by atomic mass is 16.5. The Balaban J connectivity index is 1.84. The largest absolute Gasteiger partial charge is 0.492 e. The SMILES string of the molecule is CCCNCc1nc(C)ccc1OCCC1CCCO1. The van der Waals surface area contributed by atoms with Crippen LogP contribution in [0.2, 0.25) is 0 Å². The van der Waals surface area contributed by atoms with Crippen LogP contribution in [0, 0.1) is 6.92 Å². The van der Waals surface area contributed by atoms with Gasteiger partial charge in [0.2, 0.25) is 0 Å². The van der Waals surface area contributed by atoms with Crippen molar-refractivity contribution in [1.82, 2.24) is 10.3 Å². The number of pyridine rings is 1. The molecule has 0 saturated carbocycles. The van der Waals surface area contributed by atoms with Crippen LogP contribution in [0.4, 0.5) is 0 Å². The minimum absolute atomic E-state index is 0.384. The number of ether oxygens (including phenoxy) is 2. The molecule has 4 heteroatoms. The molecule has 1 aliphatic heterocycles. The third-order valence-corrected chi connectivity index (χ3v) is 3.51. The Hall–Kier alpha value is -1.13. The van der Waals surface area contributed by atoms with Gasteiger partial charge in [0.1, 0.15) is 5.75 Å². The minimum atomic E-state index is 0.384. The Bertz CT molecular complexity index is 403. The van der Waals surface area contributed by atoms with E-state index in [4.69, 9.17) is 9.47 Å². The van der Waals surface area contributed by atoms with Crippen LogP contribution in [0.15, 0.2) is 12.1 Å². The standard InChI is InChI=1S/C16H26N2O2/c1-3-9-17-12-15-16(7-6-13(2)18-15)20-11-8-14-5-4-10-19-14/h6-7,14,17H,3-5,8-12H2,1-2H3. The van der Waals surface area contributed by atoms with Gasteiger partial charge in [0.25, 0.3) is 0 Å². The van der Waals surface area contributed by atoms with Gasteiger partial charge in [-0.15, -0.1) is 0 Å². The van der Waals surface area contributed by atoms with E-state index in [1.807, 2.05) is 19.1 Å².